The maximum Gasteiger partial charge on any atom is 0.310 e. The van der Waals surface area contributed by atoms with Gasteiger partial charge in [-0.25, -0.2) is 4.68 Å². The van der Waals surface area contributed by atoms with Crippen LogP contribution in [0.3, 0.4) is 0 Å². The average molecular weight is 393 g/mol. The van der Waals surface area contributed by atoms with E-state index >= 15 is 0 Å². The lowest BCUT2D eigenvalue weighted by Gasteiger charge is -2.33. The van der Waals surface area contributed by atoms with Crippen LogP contribution in [0.2, 0.25) is 0 Å². The van der Waals surface area contributed by atoms with E-state index in [9.17, 15) is 15.0 Å². The summed E-state index contributed by atoms with van der Waals surface area (Å²) >= 11 is 0. The van der Waals surface area contributed by atoms with Crippen LogP contribution in [-0.4, -0.2) is 31.2 Å². The second kappa shape index (κ2) is 6.95. The quantitative estimate of drug-likeness (QED) is 0.693. The summed E-state index contributed by atoms with van der Waals surface area (Å²) in [4.78, 5) is 12.3. The SMILES string of the molecule is Cc1c([C@H](c2cc(CO)c3c(c2)CCC3)C(C)(C)C(=O)O)ccc2c1nnn2C. The van der Waals surface area contributed by atoms with Gasteiger partial charge >= 0.3 is 5.97 Å². The van der Waals surface area contributed by atoms with Crippen LogP contribution in [-0.2, 0) is 31.3 Å². The van der Waals surface area contributed by atoms with E-state index in [0.29, 0.717) is 0 Å². The molecule has 1 aliphatic rings. The predicted octanol–water partition coefficient (Wildman–Crippen LogP) is 3.50. The van der Waals surface area contributed by atoms with E-state index in [1.807, 2.05) is 32.2 Å². The molecule has 0 bridgehead atoms. The van der Waals surface area contributed by atoms with Gasteiger partial charge in [0.25, 0.3) is 0 Å². The molecular formula is C23H27N3O3. The molecule has 0 amide bonds. The summed E-state index contributed by atoms with van der Waals surface area (Å²) in [6.07, 6.45) is 3.02. The first-order valence-electron chi connectivity index (χ1n) is 10.0. The third kappa shape index (κ3) is 3.02. The van der Waals surface area contributed by atoms with E-state index in [1.54, 1.807) is 18.5 Å². The number of fused-ring (bicyclic) bond motifs is 2. The Bertz CT molecular complexity index is 1110. The van der Waals surface area contributed by atoms with Crippen LogP contribution in [0.25, 0.3) is 11.0 Å². The van der Waals surface area contributed by atoms with Crippen LogP contribution >= 0.6 is 0 Å². The van der Waals surface area contributed by atoms with Gasteiger partial charge in [-0.2, -0.15) is 0 Å². The van der Waals surface area contributed by atoms with Crippen LogP contribution in [0.4, 0.5) is 0 Å². The molecule has 6 nitrogen and oxygen atoms in total. The first-order valence-corrected chi connectivity index (χ1v) is 10.0. The van der Waals surface area contributed by atoms with Crippen molar-refractivity contribution < 1.29 is 15.0 Å². The minimum Gasteiger partial charge on any atom is -0.481 e. The van der Waals surface area contributed by atoms with E-state index in [0.717, 1.165) is 52.5 Å². The number of rotatable bonds is 5. The fourth-order valence-electron chi connectivity index (χ4n) is 4.80. The fourth-order valence-corrected chi connectivity index (χ4v) is 4.80. The summed E-state index contributed by atoms with van der Waals surface area (Å²) in [5.74, 6) is -1.23. The molecule has 1 heterocycles. The van der Waals surface area contributed by atoms with Crippen LogP contribution in [0.5, 0.6) is 0 Å². The maximum atomic E-state index is 12.3. The van der Waals surface area contributed by atoms with Gasteiger partial charge in [0.2, 0.25) is 0 Å². The van der Waals surface area contributed by atoms with Gasteiger partial charge in [-0.05, 0) is 79.5 Å². The Morgan fingerprint density at radius 3 is 2.72 bits per heavy atom. The number of aliphatic carboxylic acids is 1. The molecule has 0 saturated heterocycles. The number of carbonyl (C=O) groups is 1. The molecule has 0 fully saturated rings. The predicted molar refractivity (Wildman–Crippen MR) is 111 cm³/mol. The van der Waals surface area contributed by atoms with Crippen molar-refractivity contribution in [1.29, 1.82) is 0 Å². The number of carboxylic acid groups (broad SMARTS) is 1. The van der Waals surface area contributed by atoms with Crippen molar-refractivity contribution in [3.05, 3.63) is 57.6 Å². The summed E-state index contributed by atoms with van der Waals surface area (Å²) < 4.78 is 1.72. The van der Waals surface area contributed by atoms with Crippen molar-refractivity contribution in [3.63, 3.8) is 0 Å². The molecule has 4 rings (SSSR count). The van der Waals surface area contributed by atoms with E-state index in [-0.39, 0.29) is 12.5 Å². The normalized spacial score (nSPS) is 14.9. The summed E-state index contributed by atoms with van der Waals surface area (Å²) in [7, 11) is 1.85. The lowest BCUT2D eigenvalue weighted by Crippen LogP contribution is -2.32. The Kier molecular flexibility index (Phi) is 4.69. The number of hydrogen-bond donors (Lipinski definition) is 2. The molecule has 0 unspecified atom stereocenters. The standard InChI is InChI=1S/C23H27N3O3/c1-13-17(8-9-19-21(13)24-25-26(19)4)20(23(2,3)22(28)29)15-10-14-6-5-7-18(14)16(11-15)12-27/h8-11,20,27H,5-7,12H2,1-4H3,(H,28,29)/t20-/m0/s1. The number of aliphatic hydroxyl groups excluding tert-OH is 1. The molecule has 0 aliphatic heterocycles. The highest BCUT2D eigenvalue weighted by molar-refractivity contribution is 5.81. The van der Waals surface area contributed by atoms with Crippen LogP contribution in [0.15, 0.2) is 24.3 Å². The van der Waals surface area contributed by atoms with Crippen molar-refractivity contribution in [1.82, 2.24) is 15.0 Å². The minimum atomic E-state index is -1.04. The average Bonchev–Trinajstić information content (AvgIpc) is 3.30. The third-order valence-electron chi connectivity index (χ3n) is 6.50. The highest BCUT2D eigenvalue weighted by atomic mass is 16.4. The van der Waals surface area contributed by atoms with Crippen molar-refractivity contribution in [2.75, 3.05) is 0 Å². The van der Waals surface area contributed by atoms with Crippen molar-refractivity contribution >= 4 is 17.0 Å². The van der Waals surface area contributed by atoms with Gasteiger partial charge in [-0.1, -0.05) is 23.4 Å². The molecule has 2 N–H and O–H groups in total. The zero-order chi connectivity index (χ0) is 20.9. The zero-order valence-electron chi connectivity index (χ0n) is 17.4. The van der Waals surface area contributed by atoms with Crippen molar-refractivity contribution in [2.24, 2.45) is 12.5 Å². The number of carboxylic acids is 1. The third-order valence-corrected chi connectivity index (χ3v) is 6.50. The highest BCUT2D eigenvalue weighted by Crippen LogP contribution is 2.45. The van der Waals surface area contributed by atoms with E-state index in [1.165, 1.54) is 11.1 Å². The fraction of sp³-hybridized carbons (Fsp3) is 0.435. The highest BCUT2D eigenvalue weighted by Gasteiger charge is 2.40. The number of aryl methyl sites for hydroxylation is 3. The molecule has 1 aliphatic carbocycles. The van der Waals surface area contributed by atoms with Crippen molar-refractivity contribution in [3.8, 4) is 0 Å². The molecule has 0 saturated carbocycles. The summed E-state index contributed by atoms with van der Waals surface area (Å²) in [6, 6.07) is 8.11. The topological polar surface area (TPSA) is 88.2 Å². The second-order valence-corrected chi connectivity index (χ2v) is 8.65. The lowest BCUT2D eigenvalue weighted by molar-refractivity contribution is -0.147. The first kappa shape index (κ1) is 19.6. The monoisotopic (exact) mass is 393 g/mol. The molecule has 29 heavy (non-hydrogen) atoms. The molecule has 6 heteroatoms. The molecule has 152 valence electrons. The van der Waals surface area contributed by atoms with Gasteiger partial charge in [-0.15, -0.1) is 5.10 Å². The summed E-state index contributed by atoms with van der Waals surface area (Å²) in [5.41, 5.74) is 6.87. The van der Waals surface area contributed by atoms with Crippen molar-refractivity contribution in [2.45, 2.75) is 52.6 Å². The molecule has 2 aromatic carbocycles. The molecule has 1 atom stereocenters. The number of benzene rings is 2. The second-order valence-electron chi connectivity index (χ2n) is 8.65. The minimum absolute atomic E-state index is 0.0292. The zero-order valence-corrected chi connectivity index (χ0v) is 17.4. The number of nitrogens with zero attached hydrogens (tertiary/aromatic N) is 3. The van der Waals surface area contributed by atoms with Crippen LogP contribution in [0.1, 0.15) is 59.6 Å². The Labute approximate surface area is 170 Å². The number of aliphatic hydroxyl groups is 1. The molecule has 0 radical (unpaired) electrons. The number of hydrogen-bond acceptors (Lipinski definition) is 4. The van der Waals surface area contributed by atoms with E-state index in [2.05, 4.69) is 16.4 Å². The van der Waals surface area contributed by atoms with Gasteiger partial charge in [0, 0.05) is 13.0 Å². The van der Waals surface area contributed by atoms with Crippen LogP contribution < -0.4 is 0 Å². The van der Waals surface area contributed by atoms with E-state index in [4.69, 9.17) is 0 Å². The summed E-state index contributed by atoms with van der Waals surface area (Å²) in [6.45, 7) is 5.49. The Morgan fingerprint density at radius 2 is 2.03 bits per heavy atom. The largest absolute Gasteiger partial charge is 0.481 e. The van der Waals surface area contributed by atoms with Gasteiger partial charge in [0.15, 0.2) is 0 Å². The first-order chi connectivity index (χ1) is 13.8. The maximum absolute atomic E-state index is 12.3. The Morgan fingerprint density at radius 1 is 1.28 bits per heavy atom. The Balaban J connectivity index is 1.98. The molecule has 1 aromatic heterocycles. The molecule has 0 spiro atoms. The van der Waals surface area contributed by atoms with Gasteiger partial charge < -0.3 is 10.2 Å². The van der Waals surface area contributed by atoms with Gasteiger partial charge in [-0.3, -0.25) is 4.79 Å². The number of aromatic nitrogens is 3. The smallest absolute Gasteiger partial charge is 0.310 e. The van der Waals surface area contributed by atoms with E-state index < -0.39 is 11.4 Å². The Hall–Kier alpha value is -2.73. The lowest BCUT2D eigenvalue weighted by atomic mass is 9.69. The summed E-state index contributed by atoms with van der Waals surface area (Å²) in [5, 5.41) is 28.5. The van der Waals surface area contributed by atoms with Gasteiger partial charge in [0.05, 0.1) is 17.5 Å². The molecule has 3 aromatic rings. The van der Waals surface area contributed by atoms with Crippen LogP contribution in [0, 0.1) is 12.3 Å². The molecular weight excluding hydrogens is 366 g/mol. The van der Waals surface area contributed by atoms with Gasteiger partial charge in [0.1, 0.15) is 5.52 Å².